The molecule has 0 aliphatic carbocycles. The first kappa shape index (κ1) is 14.4. The fourth-order valence-electron chi connectivity index (χ4n) is 1.52. The van der Waals surface area contributed by atoms with Gasteiger partial charge in [0.1, 0.15) is 17.5 Å². The lowest BCUT2D eigenvalue weighted by Crippen LogP contribution is -2.15. The van der Waals surface area contributed by atoms with Crippen molar-refractivity contribution in [1.82, 2.24) is 0 Å². The number of nitrogens with one attached hydrogen (secondary N) is 1. The Labute approximate surface area is 120 Å². The van der Waals surface area contributed by atoms with Crippen LogP contribution in [-0.2, 0) is 0 Å². The lowest BCUT2D eigenvalue weighted by molar-refractivity contribution is 0.102. The Kier molecular flexibility index (Phi) is 3.99. The molecule has 0 fully saturated rings. The van der Waals surface area contributed by atoms with E-state index in [4.69, 9.17) is 5.73 Å². The van der Waals surface area contributed by atoms with Crippen molar-refractivity contribution in [2.45, 2.75) is 0 Å². The van der Waals surface area contributed by atoms with Gasteiger partial charge >= 0.3 is 0 Å². The highest BCUT2D eigenvalue weighted by Crippen LogP contribution is 2.22. The number of amides is 1. The molecule has 0 aliphatic rings. The van der Waals surface area contributed by atoms with Crippen LogP contribution in [0.2, 0.25) is 0 Å². The number of benzene rings is 2. The van der Waals surface area contributed by atoms with Gasteiger partial charge in [0.15, 0.2) is 0 Å². The van der Waals surface area contributed by atoms with Crippen LogP contribution < -0.4 is 11.1 Å². The largest absolute Gasteiger partial charge is 0.396 e. The summed E-state index contributed by atoms with van der Waals surface area (Å²) < 4.78 is 40.5. The average molecular weight is 345 g/mol. The summed E-state index contributed by atoms with van der Waals surface area (Å²) in [4.78, 5) is 11.8. The Hall–Kier alpha value is -2.02. The highest BCUT2D eigenvalue weighted by atomic mass is 79.9. The van der Waals surface area contributed by atoms with Gasteiger partial charge in [0.2, 0.25) is 0 Å². The molecule has 0 heterocycles. The summed E-state index contributed by atoms with van der Waals surface area (Å²) in [7, 11) is 0. The number of anilines is 2. The lowest BCUT2D eigenvalue weighted by atomic mass is 10.1. The highest BCUT2D eigenvalue weighted by molar-refractivity contribution is 9.10. The van der Waals surface area contributed by atoms with Gasteiger partial charge in [-0.05, 0) is 24.3 Å². The van der Waals surface area contributed by atoms with E-state index in [2.05, 4.69) is 21.2 Å². The summed E-state index contributed by atoms with van der Waals surface area (Å²) in [5.41, 5.74) is 4.31. The van der Waals surface area contributed by atoms with Gasteiger partial charge in [0.25, 0.3) is 5.91 Å². The maximum absolute atomic E-state index is 13.5. The van der Waals surface area contributed by atoms with Crippen LogP contribution in [0.4, 0.5) is 24.5 Å². The van der Waals surface area contributed by atoms with E-state index in [9.17, 15) is 18.0 Å². The van der Waals surface area contributed by atoms with Crippen molar-refractivity contribution in [3.8, 4) is 0 Å². The third-order valence-corrected chi connectivity index (χ3v) is 3.00. The molecule has 2 rings (SSSR count). The Balaban J connectivity index is 2.31. The highest BCUT2D eigenvalue weighted by Gasteiger charge is 2.16. The zero-order chi connectivity index (χ0) is 14.9. The Bertz CT molecular complexity index is 692. The maximum Gasteiger partial charge on any atom is 0.258 e. The quantitative estimate of drug-likeness (QED) is 0.816. The Morgan fingerprint density at radius 2 is 1.75 bits per heavy atom. The number of nitrogen functional groups attached to an aromatic ring is 1. The number of carbonyl (C=O) groups excluding carboxylic acids is 1. The first-order valence-corrected chi connectivity index (χ1v) is 6.18. The maximum atomic E-state index is 13.5. The molecule has 2 aromatic carbocycles. The summed E-state index contributed by atoms with van der Waals surface area (Å²) in [6, 6.07) is 5.32. The third kappa shape index (κ3) is 2.93. The van der Waals surface area contributed by atoms with Crippen LogP contribution >= 0.6 is 15.9 Å². The molecule has 0 aliphatic heterocycles. The molecule has 0 atom stereocenters. The SMILES string of the molecule is Nc1cc(C(=O)Nc2ccc(Br)cc2F)c(F)cc1F. The molecule has 2 aromatic rings. The van der Waals surface area contributed by atoms with Crippen LogP contribution in [0, 0.1) is 17.5 Å². The molecule has 0 unspecified atom stereocenters. The Morgan fingerprint density at radius 3 is 2.40 bits per heavy atom. The minimum absolute atomic E-state index is 0.125. The molecule has 7 heteroatoms. The van der Waals surface area contributed by atoms with Crippen molar-refractivity contribution in [3.05, 3.63) is 57.8 Å². The van der Waals surface area contributed by atoms with Crippen LogP contribution in [0.15, 0.2) is 34.8 Å². The van der Waals surface area contributed by atoms with Crippen LogP contribution in [0.25, 0.3) is 0 Å². The molecule has 3 N–H and O–H groups in total. The number of rotatable bonds is 2. The molecule has 0 radical (unpaired) electrons. The van der Waals surface area contributed by atoms with E-state index in [0.717, 1.165) is 12.1 Å². The molecule has 1 amide bonds. The van der Waals surface area contributed by atoms with E-state index in [1.807, 2.05) is 0 Å². The van der Waals surface area contributed by atoms with Gasteiger partial charge in [-0.1, -0.05) is 15.9 Å². The van der Waals surface area contributed by atoms with E-state index >= 15 is 0 Å². The van der Waals surface area contributed by atoms with Crippen LogP contribution in [-0.4, -0.2) is 5.91 Å². The molecule has 0 spiro atoms. The van der Waals surface area contributed by atoms with Gasteiger partial charge in [-0.3, -0.25) is 4.79 Å². The predicted octanol–water partition coefficient (Wildman–Crippen LogP) is 3.70. The van der Waals surface area contributed by atoms with Crippen molar-refractivity contribution >= 4 is 33.2 Å². The van der Waals surface area contributed by atoms with Gasteiger partial charge in [-0.2, -0.15) is 0 Å². The third-order valence-electron chi connectivity index (χ3n) is 2.51. The Morgan fingerprint density at radius 1 is 1.05 bits per heavy atom. The first-order valence-electron chi connectivity index (χ1n) is 5.39. The summed E-state index contributed by atoms with van der Waals surface area (Å²) >= 11 is 3.07. The average Bonchev–Trinajstić information content (AvgIpc) is 2.37. The van der Waals surface area contributed by atoms with Gasteiger partial charge in [0.05, 0.1) is 16.9 Å². The second-order valence-corrected chi connectivity index (χ2v) is 4.85. The van der Waals surface area contributed by atoms with E-state index < -0.39 is 28.9 Å². The zero-order valence-electron chi connectivity index (χ0n) is 9.88. The van der Waals surface area contributed by atoms with Gasteiger partial charge in [0, 0.05) is 10.5 Å². The monoisotopic (exact) mass is 344 g/mol. The van der Waals surface area contributed by atoms with E-state index in [0.29, 0.717) is 10.5 Å². The molecule has 0 aromatic heterocycles. The number of halogens is 4. The molecule has 0 saturated carbocycles. The summed E-state index contributed by atoms with van der Waals surface area (Å²) in [6.07, 6.45) is 0. The molecule has 20 heavy (non-hydrogen) atoms. The first-order chi connectivity index (χ1) is 9.38. The topological polar surface area (TPSA) is 55.1 Å². The fraction of sp³-hybridized carbons (Fsp3) is 0. The molecule has 0 saturated heterocycles. The van der Waals surface area contributed by atoms with E-state index in [-0.39, 0.29) is 11.4 Å². The predicted molar refractivity (Wildman–Crippen MR) is 72.8 cm³/mol. The minimum Gasteiger partial charge on any atom is -0.396 e. The molecule has 3 nitrogen and oxygen atoms in total. The van der Waals surface area contributed by atoms with Gasteiger partial charge in [-0.25, -0.2) is 13.2 Å². The summed E-state index contributed by atoms with van der Waals surface area (Å²) in [5.74, 6) is -3.65. The second kappa shape index (κ2) is 5.54. The fourth-order valence-corrected chi connectivity index (χ4v) is 1.85. The van der Waals surface area contributed by atoms with Crippen molar-refractivity contribution < 1.29 is 18.0 Å². The standard InChI is InChI=1S/C13H8BrF3N2O/c14-6-1-2-12(10(17)3-6)19-13(20)7-4-11(18)9(16)5-8(7)15/h1-5H,18H2,(H,19,20). The molecular formula is C13H8BrF3N2O. The van der Waals surface area contributed by atoms with Crippen molar-refractivity contribution in [1.29, 1.82) is 0 Å². The lowest BCUT2D eigenvalue weighted by Gasteiger charge is -2.08. The van der Waals surface area contributed by atoms with E-state index in [1.54, 1.807) is 0 Å². The number of hydrogen-bond acceptors (Lipinski definition) is 2. The second-order valence-electron chi connectivity index (χ2n) is 3.93. The number of carbonyl (C=O) groups is 1. The number of hydrogen-bond donors (Lipinski definition) is 2. The molecular weight excluding hydrogens is 337 g/mol. The van der Waals surface area contributed by atoms with Gasteiger partial charge < -0.3 is 11.1 Å². The minimum atomic E-state index is -1.08. The van der Waals surface area contributed by atoms with Crippen molar-refractivity contribution in [2.75, 3.05) is 11.1 Å². The van der Waals surface area contributed by atoms with Crippen molar-refractivity contribution in [2.24, 2.45) is 0 Å². The number of nitrogens with two attached hydrogens (primary N) is 1. The zero-order valence-corrected chi connectivity index (χ0v) is 11.5. The summed E-state index contributed by atoms with van der Waals surface area (Å²) in [6.45, 7) is 0. The normalized spacial score (nSPS) is 10.4. The van der Waals surface area contributed by atoms with Gasteiger partial charge in [-0.15, -0.1) is 0 Å². The molecule has 0 bridgehead atoms. The van der Waals surface area contributed by atoms with Crippen molar-refractivity contribution in [3.63, 3.8) is 0 Å². The summed E-state index contributed by atoms with van der Waals surface area (Å²) in [5, 5.41) is 2.19. The molecule has 104 valence electrons. The van der Waals surface area contributed by atoms with Crippen LogP contribution in [0.1, 0.15) is 10.4 Å². The van der Waals surface area contributed by atoms with E-state index in [1.165, 1.54) is 12.1 Å². The smallest absolute Gasteiger partial charge is 0.258 e. The van der Waals surface area contributed by atoms with Crippen LogP contribution in [0.5, 0.6) is 0 Å². The van der Waals surface area contributed by atoms with Crippen LogP contribution in [0.3, 0.4) is 0 Å².